The number of nitrogens with zero attached hydrogens (tertiary/aromatic N) is 1. The lowest BCUT2D eigenvalue weighted by atomic mass is 9.98. The van der Waals surface area contributed by atoms with Crippen molar-refractivity contribution in [3.63, 3.8) is 0 Å². The van der Waals surface area contributed by atoms with Crippen molar-refractivity contribution in [3.05, 3.63) is 64.7 Å². The van der Waals surface area contributed by atoms with E-state index in [0.29, 0.717) is 0 Å². The number of carbonyl (C=O) groups is 1. The van der Waals surface area contributed by atoms with E-state index in [0.717, 1.165) is 12.1 Å². The van der Waals surface area contributed by atoms with Crippen LogP contribution in [-0.4, -0.2) is 5.91 Å². The first kappa shape index (κ1) is 12.9. The van der Waals surface area contributed by atoms with Crippen LogP contribution in [0.3, 0.4) is 0 Å². The van der Waals surface area contributed by atoms with Gasteiger partial charge in [-0.3, -0.25) is 4.79 Å². The molecule has 0 radical (unpaired) electrons. The molecule has 0 N–H and O–H groups in total. The van der Waals surface area contributed by atoms with E-state index in [9.17, 15) is 4.79 Å². The van der Waals surface area contributed by atoms with Crippen LogP contribution in [0.5, 0.6) is 0 Å². The summed E-state index contributed by atoms with van der Waals surface area (Å²) in [5, 5.41) is 0. The van der Waals surface area contributed by atoms with Gasteiger partial charge in [0.15, 0.2) is 0 Å². The molecule has 0 aliphatic carbocycles. The summed E-state index contributed by atoms with van der Waals surface area (Å²) in [6, 6.07) is 14.9. The minimum Gasteiger partial charge on any atom is -0.305 e. The van der Waals surface area contributed by atoms with Crippen LogP contribution in [0.2, 0.25) is 0 Å². The average Bonchev–Trinajstić information content (AvgIpc) is 2.76. The molecule has 0 aromatic heterocycles. The highest BCUT2D eigenvalue weighted by Crippen LogP contribution is 2.40. The maximum Gasteiger partial charge on any atom is 0.224 e. The fourth-order valence-corrected chi connectivity index (χ4v) is 3.24. The number of hydrogen-bond donors (Lipinski definition) is 0. The van der Waals surface area contributed by atoms with Crippen molar-refractivity contribution in [2.75, 3.05) is 4.90 Å². The topological polar surface area (TPSA) is 20.3 Å². The van der Waals surface area contributed by atoms with E-state index in [1.165, 1.54) is 22.3 Å². The molecule has 0 saturated heterocycles. The van der Waals surface area contributed by atoms with Gasteiger partial charge in [-0.1, -0.05) is 47.5 Å². The number of rotatable bonds is 1. The van der Waals surface area contributed by atoms with Crippen LogP contribution in [0.1, 0.15) is 35.2 Å². The molecule has 1 aliphatic rings. The smallest absolute Gasteiger partial charge is 0.224 e. The third-order valence-corrected chi connectivity index (χ3v) is 3.94. The number of carbonyl (C=O) groups excluding carboxylic acids is 1. The summed E-state index contributed by atoms with van der Waals surface area (Å²) < 4.78 is 0. The molecule has 0 spiro atoms. The van der Waals surface area contributed by atoms with Crippen molar-refractivity contribution in [3.8, 4) is 0 Å². The third-order valence-electron chi connectivity index (χ3n) is 3.94. The summed E-state index contributed by atoms with van der Waals surface area (Å²) in [4.78, 5) is 14.0. The molecule has 1 heterocycles. The first-order valence-electron chi connectivity index (χ1n) is 7.02. The van der Waals surface area contributed by atoms with Crippen LogP contribution >= 0.6 is 0 Å². The highest BCUT2D eigenvalue weighted by Gasteiger charge is 2.32. The van der Waals surface area contributed by atoms with Crippen LogP contribution in [0.15, 0.2) is 42.5 Å². The van der Waals surface area contributed by atoms with Crippen molar-refractivity contribution in [1.82, 2.24) is 0 Å². The van der Waals surface area contributed by atoms with Crippen molar-refractivity contribution in [1.29, 1.82) is 0 Å². The summed E-state index contributed by atoms with van der Waals surface area (Å²) in [5.41, 5.74) is 6.05. The predicted molar refractivity (Wildman–Crippen MR) is 82.0 cm³/mol. The number of benzene rings is 2. The molecule has 20 heavy (non-hydrogen) atoms. The molecule has 0 saturated carbocycles. The van der Waals surface area contributed by atoms with E-state index in [1.807, 2.05) is 23.1 Å². The summed E-state index contributed by atoms with van der Waals surface area (Å²) >= 11 is 0. The molecule has 2 aromatic rings. The minimum atomic E-state index is 0.110. The summed E-state index contributed by atoms with van der Waals surface area (Å²) in [7, 11) is 0. The Kier molecular flexibility index (Phi) is 3.09. The average molecular weight is 265 g/mol. The molecule has 1 unspecified atom stereocenters. The number of amides is 1. The van der Waals surface area contributed by atoms with Gasteiger partial charge >= 0.3 is 0 Å². The van der Waals surface area contributed by atoms with Gasteiger partial charge in [-0.15, -0.1) is 0 Å². The molecule has 1 atom stereocenters. The van der Waals surface area contributed by atoms with Gasteiger partial charge in [0.25, 0.3) is 0 Å². The van der Waals surface area contributed by atoms with E-state index < -0.39 is 0 Å². The molecule has 3 rings (SSSR count). The Hall–Kier alpha value is -2.09. The predicted octanol–water partition coefficient (Wildman–Crippen LogP) is 3.95. The van der Waals surface area contributed by atoms with E-state index in [-0.39, 0.29) is 11.9 Å². The third kappa shape index (κ3) is 2.11. The number of fused-ring (bicyclic) bond motifs is 1. The number of hydrogen-bond acceptors (Lipinski definition) is 1. The summed E-state index contributed by atoms with van der Waals surface area (Å²) in [6.07, 6.45) is 0.901. The van der Waals surface area contributed by atoms with Gasteiger partial charge in [0, 0.05) is 12.6 Å². The molecule has 102 valence electrons. The largest absolute Gasteiger partial charge is 0.305 e. The van der Waals surface area contributed by atoms with Gasteiger partial charge in [0.05, 0.1) is 6.04 Å². The quantitative estimate of drug-likeness (QED) is 0.764. The zero-order valence-electron chi connectivity index (χ0n) is 12.2. The van der Waals surface area contributed by atoms with Crippen molar-refractivity contribution in [2.45, 2.75) is 33.2 Å². The maximum atomic E-state index is 12.1. The lowest BCUT2D eigenvalue weighted by Crippen LogP contribution is -2.29. The van der Waals surface area contributed by atoms with Gasteiger partial charge in [-0.05, 0) is 37.5 Å². The van der Waals surface area contributed by atoms with Crippen LogP contribution in [0.4, 0.5) is 5.69 Å². The Labute approximate surface area is 120 Å². The van der Waals surface area contributed by atoms with E-state index >= 15 is 0 Å². The number of anilines is 1. The van der Waals surface area contributed by atoms with Crippen molar-refractivity contribution in [2.24, 2.45) is 0 Å². The van der Waals surface area contributed by atoms with Gasteiger partial charge in [-0.2, -0.15) is 0 Å². The number of aryl methyl sites for hydroxylation is 2. The zero-order valence-corrected chi connectivity index (χ0v) is 12.2. The molecule has 2 heteroatoms. The Morgan fingerprint density at radius 1 is 1.10 bits per heavy atom. The van der Waals surface area contributed by atoms with Crippen LogP contribution < -0.4 is 4.90 Å². The Morgan fingerprint density at radius 2 is 1.75 bits per heavy atom. The Morgan fingerprint density at radius 3 is 2.40 bits per heavy atom. The molecular formula is C18H19NO. The summed E-state index contributed by atoms with van der Waals surface area (Å²) in [5.74, 6) is 0.110. The van der Waals surface area contributed by atoms with Crippen LogP contribution in [0, 0.1) is 13.8 Å². The molecule has 1 aliphatic heterocycles. The fourth-order valence-electron chi connectivity index (χ4n) is 3.24. The number of para-hydroxylation sites is 1. The molecule has 0 bridgehead atoms. The van der Waals surface area contributed by atoms with Gasteiger partial charge in [-0.25, -0.2) is 0 Å². The van der Waals surface area contributed by atoms with Gasteiger partial charge in [0.1, 0.15) is 0 Å². The lowest BCUT2D eigenvalue weighted by Gasteiger charge is -2.25. The molecule has 2 nitrogen and oxygen atoms in total. The molecule has 0 fully saturated rings. The normalized spacial score (nSPS) is 17.1. The molecular weight excluding hydrogens is 246 g/mol. The Bertz CT molecular complexity index is 655. The van der Waals surface area contributed by atoms with Gasteiger partial charge in [0.2, 0.25) is 5.91 Å². The van der Waals surface area contributed by atoms with E-state index in [4.69, 9.17) is 0 Å². The van der Waals surface area contributed by atoms with Crippen LogP contribution in [-0.2, 0) is 11.2 Å². The standard InChI is InChI=1S/C18H19NO/c1-12-8-13(2)10-16(9-12)18-11-15-6-4-5-7-17(15)19(18)14(3)20/h4-10,18H,11H2,1-3H3. The maximum absolute atomic E-state index is 12.1. The van der Waals surface area contributed by atoms with Gasteiger partial charge < -0.3 is 4.90 Å². The second-order valence-corrected chi connectivity index (χ2v) is 5.66. The monoisotopic (exact) mass is 265 g/mol. The summed E-state index contributed by atoms with van der Waals surface area (Å²) in [6.45, 7) is 5.87. The fraction of sp³-hybridized carbons (Fsp3) is 0.278. The second-order valence-electron chi connectivity index (χ2n) is 5.66. The van der Waals surface area contributed by atoms with Crippen LogP contribution in [0.25, 0.3) is 0 Å². The first-order chi connectivity index (χ1) is 9.56. The highest BCUT2D eigenvalue weighted by molar-refractivity contribution is 5.94. The van der Waals surface area contributed by atoms with E-state index in [1.54, 1.807) is 6.92 Å². The SMILES string of the molecule is CC(=O)N1c2ccccc2CC1c1cc(C)cc(C)c1. The zero-order chi connectivity index (χ0) is 14.3. The molecule has 1 amide bonds. The van der Waals surface area contributed by atoms with Crippen molar-refractivity contribution < 1.29 is 4.79 Å². The highest BCUT2D eigenvalue weighted by atomic mass is 16.2. The second kappa shape index (κ2) is 4.78. The first-order valence-corrected chi connectivity index (χ1v) is 7.02. The minimum absolute atomic E-state index is 0.110. The lowest BCUT2D eigenvalue weighted by molar-refractivity contribution is -0.116. The molecule has 2 aromatic carbocycles. The van der Waals surface area contributed by atoms with E-state index in [2.05, 4.69) is 38.1 Å². The Balaban J connectivity index is 2.08. The van der Waals surface area contributed by atoms with Crippen molar-refractivity contribution >= 4 is 11.6 Å².